The molecule has 5 nitrogen and oxygen atoms in total. The van der Waals surface area contributed by atoms with Crippen LogP contribution in [0.25, 0.3) is 0 Å². The number of benzene rings is 1. The van der Waals surface area contributed by atoms with Gasteiger partial charge in [-0.05, 0) is 30.4 Å². The molecule has 1 saturated heterocycles. The molecular weight excluding hydrogens is 356 g/mol. The van der Waals surface area contributed by atoms with Crippen LogP contribution in [0.2, 0.25) is 0 Å². The van der Waals surface area contributed by atoms with E-state index in [1.807, 2.05) is 0 Å². The molecule has 0 aliphatic carbocycles. The van der Waals surface area contributed by atoms with E-state index in [9.17, 15) is 4.79 Å². The number of nitrogens with zero attached hydrogens (tertiary/aromatic N) is 4. The zero-order chi connectivity index (χ0) is 19.0. The Kier molecular flexibility index (Phi) is 4.93. The van der Waals surface area contributed by atoms with Crippen molar-refractivity contribution in [3.8, 4) is 0 Å². The molecule has 2 aliphatic rings. The Balaban J connectivity index is 1.35. The summed E-state index contributed by atoms with van der Waals surface area (Å²) in [6.07, 6.45) is 2.78. The standard InChI is InChI=1S/C21H28N4OS/c1-21(2,3)19-22-23-20(27-19)24-11-9-16(10-12-24)18(26)25-13-8-15-6-4-5-7-17(15)14-25/h4-7,16H,8-14H2,1-3H3. The fourth-order valence-corrected chi connectivity index (χ4v) is 4.86. The number of aromatic nitrogens is 2. The van der Waals surface area contributed by atoms with E-state index in [1.54, 1.807) is 11.3 Å². The maximum atomic E-state index is 13.0. The monoisotopic (exact) mass is 384 g/mol. The third-order valence-corrected chi connectivity index (χ3v) is 7.02. The van der Waals surface area contributed by atoms with Gasteiger partial charge in [0.05, 0.1) is 0 Å². The summed E-state index contributed by atoms with van der Waals surface area (Å²) in [6, 6.07) is 8.49. The van der Waals surface area contributed by atoms with Crippen molar-refractivity contribution < 1.29 is 4.79 Å². The van der Waals surface area contributed by atoms with E-state index >= 15 is 0 Å². The van der Waals surface area contributed by atoms with Gasteiger partial charge in [0.1, 0.15) is 5.01 Å². The third kappa shape index (κ3) is 3.86. The molecule has 1 aromatic carbocycles. The largest absolute Gasteiger partial charge is 0.347 e. The lowest BCUT2D eigenvalue weighted by Gasteiger charge is -2.36. The van der Waals surface area contributed by atoms with E-state index in [0.29, 0.717) is 5.91 Å². The van der Waals surface area contributed by atoms with Crippen molar-refractivity contribution in [2.24, 2.45) is 5.92 Å². The Hall–Kier alpha value is -1.95. The van der Waals surface area contributed by atoms with Crippen LogP contribution < -0.4 is 4.90 Å². The van der Waals surface area contributed by atoms with Crippen LogP contribution in [0.4, 0.5) is 5.13 Å². The van der Waals surface area contributed by atoms with Crippen LogP contribution in [0.15, 0.2) is 24.3 Å². The Bertz CT molecular complexity index is 818. The highest BCUT2D eigenvalue weighted by molar-refractivity contribution is 7.15. The average molecular weight is 385 g/mol. The minimum absolute atomic E-state index is 0.0365. The normalized spacial score (nSPS) is 18.5. The fourth-order valence-electron chi connectivity index (χ4n) is 3.91. The number of carbonyl (C=O) groups excluding carboxylic acids is 1. The summed E-state index contributed by atoms with van der Waals surface area (Å²) in [5.41, 5.74) is 2.73. The van der Waals surface area contributed by atoms with Crippen LogP contribution in [-0.2, 0) is 23.2 Å². The molecule has 0 bridgehead atoms. The van der Waals surface area contributed by atoms with Gasteiger partial charge in [0.15, 0.2) is 0 Å². The van der Waals surface area contributed by atoms with Gasteiger partial charge in [0.2, 0.25) is 11.0 Å². The molecule has 0 unspecified atom stereocenters. The molecule has 1 amide bonds. The van der Waals surface area contributed by atoms with E-state index in [2.05, 4.69) is 65.0 Å². The van der Waals surface area contributed by atoms with E-state index in [-0.39, 0.29) is 11.3 Å². The van der Waals surface area contributed by atoms with E-state index in [4.69, 9.17) is 0 Å². The van der Waals surface area contributed by atoms with E-state index in [1.165, 1.54) is 11.1 Å². The lowest BCUT2D eigenvalue weighted by molar-refractivity contribution is -0.137. The lowest BCUT2D eigenvalue weighted by atomic mass is 9.93. The SMILES string of the molecule is CC(C)(C)c1nnc(N2CCC(C(=O)N3CCc4ccccc4C3)CC2)s1. The van der Waals surface area contributed by atoms with E-state index in [0.717, 1.165) is 55.6 Å². The van der Waals surface area contributed by atoms with Crippen molar-refractivity contribution in [2.75, 3.05) is 24.5 Å². The zero-order valence-electron chi connectivity index (χ0n) is 16.4. The number of carbonyl (C=O) groups is 1. The van der Waals surface area contributed by atoms with Crippen molar-refractivity contribution in [3.63, 3.8) is 0 Å². The first kappa shape index (κ1) is 18.4. The van der Waals surface area contributed by atoms with Crippen molar-refractivity contribution in [3.05, 3.63) is 40.4 Å². The summed E-state index contributed by atoms with van der Waals surface area (Å²) < 4.78 is 0. The van der Waals surface area contributed by atoms with Crippen LogP contribution in [-0.4, -0.2) is 40.6 Å². The Labute approximate surface area is 165 Å². The van der Waals surface area contributed by atoms with Gasteiger partial charge >= 0.3 is 0 Å². The maximum Gasteiger partial charge on any atom is 0.226 e. The van der Waals surface area contributed by atoms with Crippen molar-refractivity contribution in [2.45, 2.75) is 52.0 Å². The predicted octanol–water partition coefficient (Wildman–Crippen LogP) is 3.64. The van der Waals surface area contributed by atoms with Crippen molar-refractivity contribution >= 4 is 22.4 Å². The molecule has 0 atom stereocenters. The third-order valence-electron chi connectivity index (χ3n) is 5.61. The number of amides is 1. The Morgan fingerprint density at radius 3 is 2.44 bits per heavy atom. The quantitative estimate of drug-likeness (QED) is 0.793. The molecular formula is C21H28N4OS. The molecule has 0 radical (unpaired) electrons. The van der Waals surface area contributed by atoms with Crippen LogP contribution in [0.3, 0.4) is 0 Å². The maximum absolute atomic E-state index is 13.0. The Morgan fingerprint density at radius 1 is 1.07 bits per heavy atom. The summed E-state index contributed by atoms with van der Waals surface area (Å²) in [6.45, 7) is 9.89. The summed E-state index contributed by atoms with van der Waals surface area (Å²) in [4.78, 5) is 17.4. The fraction of sp³-hybridized carbons (Fsp3) is 0.571. The summed E-state index contributed by atoms with van der Waals surface area (Å²) in [5, 5.41) is 10.8. The summed E-state index contributed by atoms with van der Waals surface area (Å²) in [5.74, 6) is 0.471. The highest BCUT2D eigenvalue weighted by Gasteiger charge is 2.31. The second-order valence-electron chi connectivity index (χ2n) is 8.68. The van der Waals surface area contributed by atoms with Crippen LogP contribution in [0.1, 0.15) is 49.7 Å². The summed E-state index contributed by atoms with van der Waals surface area (Å²) >= 11 is 1.68. The van der Waals surface area contributed by atoms with Gasteiger partial charge in [-0.15, -0.1) is 10.2 Å². The molecule has 144 valence electrons. The van der Waals surface area contributed by atoms with Crippen molar-refractivity contribution in [1.82, 2.24) is 15.1 Å². The molecule has 2 aliphatic heterocycles. The molecule has 0 spiro atoms. The van der Waals surface area contributed by atoms with Gasteiger partial charge in [0.25, 0.3) is 0 Å². The van der Waals surface area contributed by atoms with Gasteiger partial charge in [-0.25, -0.2) is 0 Å². The second-order valence-corrected chi connectivity index (χ2v) is 9.64. The van der Waals surface area contributed by atoms with Gasteiger partial charge in [-0.2, -0.15) is 0 Å². The highest BCUT2D eigenvalue weighted by atomic mass is 32.1. The number of piperidine rings is 1. The molecule has 2 aromatic rings. The van der Waals surface area contributed by atoms with Crippen molar-refractivity contribution in [1.29, 1.82) is 0 Å². The molecule has 6 heteroatoms. The van der Waals surface area contributed by atoms with Gasteiger partial charge in [-0.1, -0.05) is 56.4 Å². The molecule has 1 aromatic heterocycles. The van der Waals surface area contributed by atoms with Crippen LogP contribution in [0.5, 0.6) is 0 Å². The molecule has 27 heavy (non-hydrogen) atoms. The molecule has 4 rings (SSSR count). The smallest absolute Gasteiger partial charge is 0.226 e. The number of anilines is 1. The first-order valence-corrected chi connectivity index (χ1v) is 10.7. The van der Waals surface area contributed by atoms with Gasteiger partial charge in [0, 0.05) is 37.5 Å². The summed E-state index contributed by atoms with van der Waals surface area (Å²) in [7, 11) is 0. The molecule has 0 N–H and O–H groups in total. The van der Waals surface area contributed by atoms with E-state index < -0.39 is 0 Å². The minimum atomic E-state index is 0.0365. The predicted molar refractivity (Wildman–Crippen MR) is 109 cm³/mol. The molecule has 3 heterocycles. The number of hydrogen-bond acceptors (Lipinski definition) is 5. The highest BCUT2D eigenvalue weighted by Crippen LogP contribution is 2.32. The number of hydrogen-bond donors (Lipinski definition) is 0. The topological polar surface area (TPSA) is 49.3 Å². The second kappa shape index (κ2) is 7.23. The first-order valence-electron chi connectivity index (χ1n) is 9.86. The van der Waals surface area contributed by atoms with Gasteiger partial charge < -0.3 is 9.80 Å². The lowest BCUT2D eigenvalue weighted by Crippen LogP contribution is -2.44. The van der Waals surface area contributed by atoms with Crippen LogP contribution in [0, 0.1) is 5.92 Å². The minimum Gasteiger partial charge on any atom is -0.347 e. The van der Waals surface area contributed by atoms with Crippen LogP contribution >= 0.6 is 11.3 Å². The molecule has 1 fully saturated rings. The Morgan fingerprint density at radius 2 is 1.78 bits per heavy atom. The van der Waals surface area contributed by atoms with Gasteiger partial charge in [-0.3, -0.25) is 4.79 Å². The average Bonchev–Trinajstić information content (AvgIpc) is 3.18. The number of fused-ring (bicyclic) bond motifs is 1. The zero-order valence-corrected chi connectivity index (χ0v) is 17.3. The first-order chi connectivity index (χ1) is 12.9. The number of rotatable bonds is 2. The molecule has 0 saturated carbocycles.